The van der Waals surface area contributed by atoms with E-state index in [2.05, 4.69) is 40.0 Å². The van der Waals surface area contributed by atoms with E-state index in [0.717, 1.165) is 93.7 Å². The lowest BCUT2D eigenvalue weighted by molar-refractivity contribution is 0.0403. The van der Waals surface area contributed by atoms with Crippen molar-refractivity contribution in [3.8, 4) is 5.75 Å². The van der Waals surface area contributed by atoms with E-state index in [4.69, 9.17) is 19.4 Å². The van der Waals surface area contributed by atoms with E-state index in [9.17, 15) is 0 Å². The largest absolute Gasteiger partial charge is 0.493 e. The van der Waals surface area contributed by atoms with Gasteiger partial charge in [-0.15, -0.1) is 0 Å². The molecule has 0 amide bonds. The van der Waals surface area contributed by atoms with Crippen LogP contribution in [-0.4, -0.2) is 78.5 Å². The van der Waals surface area contributed by atoms with Gasteiger partial charge in [0.2, 0.25) is 0 Å². The normalized spacial score (nSPS) is 18.5. The topological polar surface area (TPSA) is 63.1 Å². The molecule has 0 bridgehead atoms. The minimum Gasteiger partial charge on any atom is -0.493 e. The standard InChI is InChI=1S/C28H39N5O2/c1-21-30-24(17-25(31-21)20-32(2)26-6-12-34-13-7-26)15-22-14-23-18-29-19-27(23)28(16-22)35-11-5-10-33-8-3-4-9-33/h14,16-17,19,26H,3-13,15,18,20H2,1-2H3. The molecule has 0 N–H and O–H groups in total. The molecule has 0 radical (unpaired) electrons. The summed E-state index contributed by atoms with van der Waals surface area (Å²) in [5.41, 5.74) is 5.77. The lowest BCUT2D eigenvalue weighted by Crippen LogP contribution is -2.36. The molecule has 3 aliphatic rings. The molecule has 7 heteroatoms. The third-order valence-corrected chi connectivity index (χ3v) is 7.40. The fourth-order valence-electron chi connectivity index (χ4n) is 5.55. The first-order valence-electron chi connectivity index (χ1n) is 13.3. The summed E-state index contributed by atoms with van der Waals surface area (Å²) in [6.07, 6.45) is 8.65. The summed E-state index contributed by atoms with van der Waals surface area (Å²) in [6, 6.07) is 7.19. The predicted molar refractivity (Wildman–Crippen MR) is 138 cm³/mol. The molecule has 2 saturated heterocycles. The molecular weight excluding hydrogens is 438 g/mol. The van der Waals surface area contributed by atoms with Crippen LogP contribution < -0.4 is 4.74 Å². The van der Waals surface area contributed by atoms with Crippen molar-refractivity contribution in [1.29, 1.82) is 0 Å². The maximum absolute atomic E-state index is 6.29. The number of rotatable bonds is 10. The number of benzene rings is 1. The summed E-state index contributed by atoms with van der Waals surface area (Å²) >= 11 is 0. The Labute approximate surface area is 209 Å². The molecule has 4 heterocycles. The molecule has 0 aliphatic carbocycles. The summed E-state index contributed by atoms with van der Waals surface area (Å²) in [4.78, 5) is 19.0. The Kier molecular flexibility index (Phi) is 8.06. The molecule has 0 spiro atoms. The van der Waals surface area contributed by atoms with Crippen molar-refractivity contribution in [2.45, 2.75) is 64.6 Å². The zero-order chi connectivity index (χ0) is 24.0. The van der Waals surface area contributed by atoms with Gasteiger partial charge in [0.05, 0.1) is 18.8 Å². The average Bonchev–Trinajstić information content (AvgIpc) is 3.54. The number of aryl methyl sites for hydroxylation is 1. The van der Waals surface area contributed by atoms with Crippen LogP contribution in [0.1, 0.15) is 66.0 Å². The molecule has 0 atom stereocenters. The summed E-state index contributed by atoms with van der Waals surface area (Å²) in [6.45, 7) is 9.62. The molecule has 35 heavy (non-hydrogen) atoms. The van der Waals surface area contributed by atoms with E-state index in [0.29, 0.717) is 6.04 Å². The highest BCUT2D eigenvalue weighted by Gasteiger charge is 2.20. The quantitative estimate of drug-likeness (QED) is 0.485. The highest BCUT2D eigenvalue weighted by Crippen LogP contribution is 2.29. The van der Waals surface area contributed by atoms with Gasteiger partial charge in [0, 0.05) is 56.2 Å². The van der Waals surface area contributed by atoms with Crippen LogP contribution in [0.4, 0.5) is 0 Å². The highest BCUT2D eigenvalue weighted by molar-refractivity contribution is 5.88. The third-order valence-electron chi connectivity index (χ3n) is 7.40. The second-order valence-corrected chi connectivity index (χ2v) is 10.2. The maximum atomic E-state index is 6.29. The second kappa shape index (κ2) is 11.6. The molecule has 5 rings (SSSR count). The molecule has 7 nitrogen and oxygen atoms in total. The second-order valence-electron chi connectivity index (χ2n) is 10.2. The van der Waals surface area contributed by atoms with Crippen LogP contribution in [0, 0.1) is 6.92 Å². The van der Waals surface area contributed by atoms with E-state index < -0.39 is 0 Å². The number of aromatic nitrogens is 2. The maximum Gasteiger partial charge on any atom is 0.128 e. The van der Waals surface area contributed by atoms with Crippen LogP contribution in [0.15, 0.2) is 23.2 Å². The van der Waals surface area contributed by atoms with Crippen LogP contribution >= 0.6 is 0 Å². The molecule has 2 fully saturated rings. The summed E-state index contributed by atoms with van der Waals surface area (Å²) in [7, 11) is 2.20. The van der Waals surface area contributed by atoms with E-state index in [1.165, 1.54) is 37.1 Å². The number of ether oxygens (including phenoxy) is 2. The van der Waals surface area contributed by atoms with Gasteiger partial charge in [-0.05, 0) is 82.4 Å². The zero-order valence-corrected chi connectivity index (χ0v) is 21.3. The van der Waals surface area contributed by atoms with Gasteiger partial charge in [-0.2, -0.15) is 0 Å². The SMILES string of the molecule is Cc1nc(Cc2cc3c(c(OCCCN4CCCC4)c2)C=NC3)cc(CN(C)C2CCOCC2)n1. The van der Waals surface area contributed by atoms with Gasteiger partial charge in [-0.25, -0.2) is 9.97 Å². The van der Waals surface area contributed by atoms with Gasteiger partial charge in [0.1, 0.15) is 11.6 Å². The van der Waals surface area contributed by atoms with Gasteiger partial charge in [-0.3, -0.25) is 9.89 Å². The number of hydrogen-bond acceptors (Lipinski definition) is 7. The Hall–Kier alpha value is -2.35. The van der Waals surface area contributed by atoms with E-state index in [1.807, 2.05) is 13.1 Å². The number of fused-ring (bicyclic) bond motifs is 1. The summed E-state index contributed by atoms with van der Waals surface area (Å²) in [5, 5.41) is 0. The fourth-order valence-corrected chi connectivity index (χ4v) is 5.55. The van der Waals surface area contributed by atoms with E-state index >= 15 is 0 Å². The number of aliphatic imine (C=N–C) groups is 1. The van der Waals surface area contributed by atoms with Crippen molar-refractivity contribution >= 4 is 6.21 Å². The van der Waals surface area contributed by atoms with Crippen molar-refractivity contribution in [2.75, 3.05) is 46.5 Å². The Morgan fingerprint density at radius 2 is 1.89 bits per heavy atom. The van der Waals surface area contributed by atoms with Crippen LogP contribution in [0.25, 0.3) is 0 Å². The third kappa shape index (κ3) is 6.46. The van der Waals surface area contributed by atoms with Gasteiger partial charge >= 0.3 is 0 Å². The zero-order valence-electron chi connectivity index (χ0n) is 21.3. The first-order chi connectivity index (χ1) is 17.1. The molecule has 0 unspecified atom stereocenters. The molecule has 2 aromatic rings. The average molecular weight is 478 g/mol. The first kappa shape index (κ1) is 24.3. The van der Waals surface area contributed by atoms with Gasteiger partial charge in [0.15, 0.2) is 0 Å². The molecular formula is C28H39N5O2. The highest BCUT2D eigenvalue weighted by atomic mass is 16.5. The summed E-state index contributed by atoms with van der Waals surface area (Å²) in [5.74, 6) is 1.80. The molecule has 0 saturated carbocycles. The van der Waals surface area contributed by atoms with Crippen LogP contribution in [0.2, 0.25) is 0 Å². The Balaban J connectivity index is 1.24. The van der Waals surface area contributed by atoms with Gasteiger partial charge in [-0.1, -0.05) is 6.07 Å². The Morgan fingerprint density at radius 3 is 2.71 bits per heavy atom. The van der Waals surface area contributed by atoms with Gasteiger partial charge < -0.3 is 14.4 Å². The first-order valence-corrected chi connectivity index (χ1v) is 13.3. The van der Waals surface area contributed by atoms with E-state index in [1.54, 1.807) is 0 Å². The molecule has 1 aromatic heterocycles. The van der Waals surface area contributed by atoms with Crippen molar-refractivity contribution < 1.29 is 9.47 Å². The smallest absolute Gasteiger partial charge is 0.128 e. The van der Waals surface area contributed by atoms with Crippen molar-refractivity contribution in [1.82, 2.24) is 19.8 Å². The monoisotopic (exact) mass is 477 g/mol. The number of hydrogen-bond donors (Lipinski definition) is 0. The minimum absolute atomic E-state index is 0.560. The molecule has 1 aromatic carbocycles. The molecule has 3 aliphatic heterocycles. The van der Waals surface area contributed by atoms with Crippen LogP contribution in [-0.2, 0) is 24.2 Å². The molecule has 188 valence electrons. The predicted octanol–water partition coefficient (Wildman–Crippen LogP) is 3.78. The van der Waals surface area contributed by atoms with Crippen LogP contribution in [0.3, 0.4) is 0 Å². The van der Waals surface area contributed by atoms with E-state index in [-0.39, 0.29) is 0 Å². The van der Waals surface area contributed by atoms with Crippen molar-refractivity contribution in [3.63, 3.8) is 0 Å². The minimum atomic E-state index is 0.560. The van der Waals surface area contributed by atoms with Gasteiger partial charge in [0.25, 0.3) is 0 Å². The number of likely N-dealkylation sites (tertiary alicyclic amines) is 1. The lowest BCUT2D eigenvalue weighted by atomic mass is 10.0. The Bertz CT molecular complexity index is 1030. The summed E-state index contributed by atoms with van der Waals surface area (Å²) < 4.78 is 11.8. The van der Waals surface area contributed by atoms with Crippen molar-refractivity contribution in [2.24, 2.45) is 4.99 Å². The fraction of sp³-hybridized carbons (Fsp3) is 0.607. The van der Waals surface area contributed by atoms with Crippen LogP contribution in [0.5, 0.6) is 5.75 Å². The lowest BCUT2D eigenvalue weighted by Gasteiger charge is -2.31. The number of nitrogens with zero attached hydrogens (tertiary/aromatic N) is 5. The van der Waals surface area contributed by atoms with Crippen molar-refractivity contribution in [3.05, 3.63) is 52.1 Å². The Morgan fingerprint density at radius 1 is 1.09 bits per heavy atom.